The molecule has 2 aromatic heterocycles. The lowest BCUT2D eigenvalue weighted by molar-refractivity contribution is 0.589. The van der Waals surface area contributed by atoms with Gasteiger partial charge in [-0.05, 0) is 35.2 Å². The minimum atomic E-state index is -0.0727. The molecule has 0 unspecified atom stereocenters. The van der Waals surface area contributed by atoms with Crippen molar-refractivity contribution in [1.29, 1.82) is 0 Å². The summed E-state index contributed by atoms with van der Waals surface area (Å²) in [6.45, 7) is 6.33. The van der Waals surface area contributed by atoms with Crippen LogP contribution in [0, 0.1) is 0 Å². The van der Waals surface area contributed by atoms with Crippen molar-refractivity contribution < 1.29 is 4.42 Å². The van der Waals surface area contributed by atoms with Crippen LogP contribution in [0.1, 0.15) is 26.3 Å². The van der Waals surface area contributed by atoms with Crippen LogP contribution in [0.25, 0.3) is 22.1 Å². The minimum absolute atomic E-state index is 0.0200. The highest BCUT2D eigenvalue weighted by Crippen LogP contribution is 2.26. The Bertz CT molecular complexity index is 875. The number of aromatic nitrogens is 1. The standard InChI is InChI=1S/C16H14ClNO2/c1-16(2,3)9-4-6-12-11(8-9)14(19)10-5-7-13(17)18-15(10)20-12/h4-8H,1-3H3. The van der Waals surface area contributed by atoms with Crippen LogP contribution in [0.5, 0.6) is 0 Å². The Morgan fingerprint density at radius 1 is 1.10 bits per heavy atom. The molecular weight excluding hydrogens is 274 g/mol. The van der Waals surface area contributed by atoms with Gasteiger partial charge in [-0.15, -0.1) is 0 Å². The van der Waals surface area contributed by atoms with E-state index in [0.29, 0.717) is 21.5 Å². The molecule has 0 saturated carbocycles. The summed E-state index contributed by atoms with van der Waals surface area (Å²) in [6.07, 6.45) is 0. The van der Waals surface area contributed by atoms with Gasteiger partial charge in [-0.25, -0.2) is 4.98 Å². The van der Waals surface area contributed by atoms with E-state index in [1.807, 2.05) is 18.2 Å². The van der Waals surface area contributed by atoms with Gasteiger partial charge >= 0.3 is 0 Å². The van der Waals surface area contributed by atoms with Crippen molar-refractivity contribution in [3.8, 4) is 0 Å². The average molecular weight is 288 g/mol. The molecule has 0 atom stereocenters. The average Bonchev–Trinajstić information content (AvgIpc) is 2.37. The van der Waals surface area contributed by atoms with E-state index in [9.17, 15) is 4.79 Å². The van der Waals surface area contributed by atoms with Crippen molar-refractivity contribution in [2.45, 2.75) is 26.2 Å². The fraction of sp³-hybridized carbons (Fsp3) is 0.250. The maximum absolute atomic E-state index is 12.5. The Morgan fingerprint density at radius 3 is 2.55 bits per heavy atom. The van der Waals surface area contributed by atoms with Crippen molar-refractivity contribution in [3.63, 3.8) is 0 Å². The van der Waals surface area contributed by atoms with E-state index in [1.165, 1.54) is 0 Å². The van der Waals surface area contributed by atoms with Gasteiger partial charge in [0, 0.05) is 0 Å². The maximum Gasteiger partial charge on any atom is 0.231 e. The largest absolute Gasteiger partial charge is 0.437 e. The first-order valence-electron chi connectivity index (χ1n) is 6.40. The van der Waals surface area contributed by atoms with E-state index >= 15 is 0 Å². The fourth-order valence-electron chi connectivity index (χ4n) is 2.18. The zero-order valence-electron chi connectivity index (χ0n) is 11.5. The van der Waals surface area contributed by atoms with Crippen LogP contribution in [0.2, 0.25) is 5.15 Å². The lowest BCUT2D eigenvalue weighted by atomic mass is 9.86. The first-order chi connectivity index (χ1) is 9.36. The molecule has 1 aromatic carbocycles. The number of benzene rings is 1. The van der Waals surface area contributed by atoms with E-state index in [0.717, 1.165) is 5.56 Å². The third-order valence-electron chi connectivity index (χ3n) is 3.37. The number of fused-ring (bicyclic) bond motifs is 2. The van der Waals surface area contributed by atoms with Gasteiger partial charge in [0.1, 0.15) is 10.7 Å². The zero-order chi connectivity index (χ0) is 14.5. The minimum Gasteiger partial charge on any atom is -0.437 e. The van der Waals surface area contributed by atoms with Gasteiger partial charge < -0.3 is 4.42 Å². The summed E-state index contributed by atoms with van der Waals surface area (Å²) in [5, 5.41) is 1.34. The molecule has 0 aliphatic rings. The van der Waals surface area contributed by atoms with E-state index < -0.39 is 0 Å². The Labute approximate surface area is 121 Å². The highest BCUT2D eigenvalue weighted by molar-refractivity contribution is 6.29. The molecule has 20 heavy (non-hydrogen) atoms. The lowest BCUT2D eigenvalue weighted by Gasteiger charge is -2.19. The molecule has 0 bridgehead atoms. The van der Waals surface area contributed by atoms with Crippen LogP contribution in [-0.4, -0.2) is 4.98 Å². The number of hydrogen-bond donors (Lipinski definition) is 0. The second-order valence-electron chi connectivity index (χ2n) is 5.88. The molecule has 3 aromatic rings. The molecule has 0 amide bonds. The van der Waals surface area contributed by atoms with Gasteiger partial charge in [-0.1, -0.05) is 38.4 Å². The highest BCUT2D eigenvalue weighted by Gasteiger charge is 2.16. The molecule has 102 valence electrons. The molecule has 0 N–H and O–H groups in total. The Kier molecular flexibility index (Phi) is 2.83. The van der Waals surface area contributed by atoms with Crippen molar-refractivity contribution >= 4 is 33.7 Å². The quantitative estimate of drug-likeness (QED) is 0.457. The van der Waals surface area contributed by atoms with Crippen LogP contribution in [-0.2, 0) is 5.41 Å². The third kappa shape index (κ3) is 2.08. The predicted molar refractivity (Wildman–Crippen MR) is 81.5 cm³/mol. The number of hydrogen-bond acceptors (Lipinski definition) is 3. The monoisotopic (exact) mass is 287 g/mol. The Balaban J connectivity index is 2.42. The topological polar surface area (TPSA) is 43.1 Å². The summed E-state index contributed by atoms with van der Waals surface area (Å²) in [7, 11) is 0. The maximum atomic E-state index is 12.5. The number of halogens is 1. The zero-order valence-corrected chi connectivity index (χ0v) is 12.3. The van der Waals surface area contributed by atoms with E-state index in [4.69, 9.17) is 16.0 Å². The molecule has 3 rings (SSSR count). The SMILES string of the molecule is CC(C)(C)c1ccc2oc3nc(Cl)ccc3c(=O)c2c1. The molecule has 2 heterocycles. The summed E-state index contributed by atoms with van der Waals surface area (Å²) in [4.78, 5) is 16.6. The van der Waals surface area contributed by atoms with Gasteiger partial charge in [0.05, 0.1) is 10.8 Å². The highest BCUT2D eigenvalue weighted by atomic mass is 35.5. The second-order valence-corrected chi connectivity index (χ2v) is 6.27. The number of rotatable bonds is 0. The Hall–Kier alpha value is -1.87. The molecule has 3 nitrogen and oxygen atoms in total. The molecule has 0 spiro atoms. The fourth-order valence-corrected chi connectivity index (χ4v) is 2.32. The van der Waals surface area contributed by atoms with Gasteiger partial charge in [0.15, 0.2) is 0 Å². The first-order valence-corrected chi connectivity index (χ1v) is 6.78. The molecular formula is C16H14ClNO2. The molecule has 0 aliphatic carbocycles. The summed E-state index contributed by atoms with van der Waals surface area (Å²) in [5.41, 5.74) is 1.81. The first kappa shape index (κ1) is 13.1. The summed E-state index contributed by atoms with van der Waals surface area (Å²) < 4.78 is 5.68. The summed E-state index contributed by atoms with van der Waals surface area (Å²) >= 11 is 5.83. The van der Waals surface area contributed by atoms with E-state index in [-0.39, 0.29) is 16.6 Å². The smallest absolute Gasteiger partial charge is 0.231 e. The van der Waals surface area contributed by atoms with Crippen molar-refractivity contribution in [1.82, 2.24) is 4.98 Å². The molecule has 0 radical (unpaired) electrons. The van der Waals surface area contributed by atoms with Gasteiger partial charge in [0.25, 0.3) is 0 Å². The molecule has 0 aliphatic heterocycles. The van der Waals surface area contributed by atoms with Gasteiger partial charge in [-0.3, -0.25) is 4.79 Å². The molecule has 0 saturated heterocycles. The van der Waals surface area contributed by atoms with Crippen molar-refractivity contribution in [2.24, 2.45) is 0 Å². The molecule has 0 fully saturated rings. The Morgan fingerprint density at radius 2 is 1.85 bits per heavy atom. The van der Waals surface area contributed by atoms with Gasteiger partial charge in [-0.2, -0.15) is 0 Å². The normalized spacial score (nSPS) is 12.2. The predicted octanol–water partition coefficient (Wildman–Crippen LogP) is 4.29. The van der Waals surface area contributed by atoms with Gasteiger partial charge in [0.2, 0.25) is 11.1 Å². The van der Waals surface area contributed by atoms with Crippen LogP contribution >= 0.6 is 11.6 Å². The number of pyridine rings is 1. The lowest BCUT2D eigenvalue weighted by Crippen LogP contribution is -2.12. The van der Waals surface area contributed by atoms with Crippen LogP contribution in [0.3, 0.4) is 0 Å². The van der Waals surface area contributed by atoms with Crippen molar-refractivity contribution in [2.75, 3.05) is 0 Å². The summed E-state index contributed by atoms with van der Waals surface area (Å²) in [5.74, 6) is 0. The third-order valence-corrected chi connectivity index (χ3v) is 3.58. The van der Waals surface area contributed by atoms with Crippen molar-refractivity contribution in [3.05, 3.63) is 51.3 Å². The van der Waals surface area contributed by atoms with Crippen LogP contribution in [0.4, 0.5) is 0 Å². The van der Waals surface area contributed by atoms with E-state index in [1.54, 1.807) is 12.1 Å². The second kappa shape index (κ2) is 4.32. The van der Waals surface area contributed by atoms with E-state index in [2.05, 4.69) is 25.8 Å². The van der Waals surface area contributed by atoms with Crippen LogP contribution in [0.15, 0.2) is 39.5 Å². The summed E-state index contributed by atoms with van der Waals surface area (Å²) in [6, 6.07) is 8.94. The molecule has 4 heteroatoms. The van der Waals surface area contributed by atoms with Crippen LogP contribution < -0.4 is 5.43 Å². The number of nitrogens with zero attached hydrogens (tertiary/aromatic N) is 1.